The van der Waals surface area contributed by atoms with E-state index in [1.165, 1.54) is 24.1 Å². The highest BCUT2D eigenvalue weighted by Crippen LogP contribution is 2.29. The molecule has 1 aliphatic carbocycles. The molecule has 1 aromatic rings. The predicted octanol–water partition coefficient (Wildman–Crippen LogP) is 3.42. The highest BCUT2D eigenvalue weighted by Gasteiger charge is 2.21. The first-order valence-electron chi connectivity index (χ1n) is 7.48. The Labute approximate surface area is 130 Å². The summed E-state index contributed by atoms with van der Waals surface area (Å²) in [4.78, 5) is 2.28. The second-order valence-corrected chi connectivity index (χ2v) is 6.41. The van der Waals surface area contributed by atoms with Crippen LogP contribution in [0.4, 0.5) is 5.69 Å². The van der Waals surface area contributed by atoms with Crippen LogP contribution in [0, 0.1) is 5.92 Å². The van der Waals surface area contributed by atoms with Gasteiger partial charge < -0.3 is 15.0 Å². The molecule has 1 aromatic carbocycles. The van der Waals surface area contributed by atoms with E-state index in [0.717, 1.165) is 43.2 Å². The van der Waals surface area contributed by atoms with E-state index in [1.54, 1.807) is 0 Å². The summed E-state index contributed by atoms with van der Waals surface area (Å²) < 4.78 is 6.86. The maximum atomic E-state index is 5.73. The molecule has 3 nitrogen and oxygen atoms in total. The molecule has 0 heterocycles. The van der Waals surface area contributed by atoms with Crippen LogP contribution in [0.15, 0.2) is 22.7 Å². The molecule has 4 heteroatoms. The van der Waals surface area contributed by atoms with Gasteiger partial charge in [-0.25, -0.2) is 0 Å². The predicted molar refractivity (Wildman–Crippen MR) is 88.3 cm³/mol. The lowest BCUT2D eigenvalue weighted by Gasteiger charge is -2.23. The van der Waals surface area contributed by atoms with Crippen LogP contribution < -0.4 is 10.2 Å². The highest BCUT2D eigenvalue weighted by molar-refractivity contribution is 9.10. The minimum atomic E-state index is 0.809. The fourth-order valence-electron chi connectivity index (χ4n) is 2.18. The lowest BCUT2D eigenvalue weighted by Crippen LogP contribution is -2.25. The van der Waals surface area contributed by atoms with Gasteiger partial charge in [-0.05, 0) is 49.1 Å². The molecule has 20 heavy (non-hydrogen) atoms. The summed E-state index contributed by atoms with van der Waals surface area (Å²) >= 11 is 3.55. The van der Waals surface area contributed by atoms with E-state index in [9.17, 15) is 0 Å². The van der Waals surface area contributed by atoms with Gasteiger partial charge >= 0.3 is 0 Å². The number of nitrogens with zero attached hydrogens (tertiary/aromatic N) is 1. The van der Waals surface area contributed by atoms with E-state index >= 15 is 0 Å². The summed E-state index contributed by atoms with van der Waals surface area (Å²) in [5, 5.41) is 3.40. The number of ether oxygens (including phenoxy) is 1. The van der Waals surface area contributed by atoms with Gasteiger partial charge in [0, 0.05) is 36.9 Å². The first kappa shape index (κ1) is 15.8. The third kappa shape index (κ3) is 5.08. The van der Waals surface area contributed by atoms with Crippen LogP contribution in [0.2, 0.25) is 0 Å². The van der Waals surface area contributed by atoms with E-state index in [1.807, 2.05) is 0 Å². The molecule has 2 rings (SSSR count). The van der Waals surface area contributed by atoms with Crippen LogP contribution in [-0.2, 0) is 11.3 Å². The molecular formula is C16H25BrN2O. The molecule has 1 aliphatic rings. The van der Waals surface area contributed by atoms with E-state index in [2.05, 4.69) is 58.3 Å². The van der Waals surface area contributed by atoms with Gasteiger partial charge in [0.2, 0.25) is 0 Å². The molecule has 112 valence electrons. The zero-order valence-electron chi connectivity index (χ0n) is 12.5. The Balaban J connectivity index is 1.87. The van der Waals surface area contributed by atoms with Crippen LogP contribution in [0.3, 0.4) is 0 Å². The summed E-state index contributed by atoms with van der Waals surface area (Å²) in [6.07, 6.45) is 2.71. The van der Waals surface area contributed by atoms with Crippen molar-refractivity contribution in [3.8, 4) is 0 Å². The summed E-state index contributed by atoms with van der Waals surface area (Å²) in [5.41, 5.74) is 2.61. The maximum Gasteiger partial charge on any atom is 0.0641 e. The summed E-state index contributed by atoms with van der Waals surface area (Å²) in [6, 6.07) is 6.48. The molecule has 0 atom stereocenters. The maximum absolute atomic E-state index is 5.73. The van der Waals surface area contributed by atoms with Gasteiger partial charge in [-0.15, -0.1) is 0 Å². The molecule has 0 aliphatic heterocycles. The Kier molecular flexibility index (Phi) is 6.33. The lowest BCUT2D eigenvalue weighted by atomic mass is 10.1. The molecule has 0 saturated heterocycles. The second kappa shape index (κ2) is 8.01. The van der Waals surface area contributed by atoms with Crippen LogP contribution in [0.25, 0.3) is 0 Å². The van der Waals surface area contributed by atoms with Gasteiger partial charge in [-0.3, -0.25) is 0 Å². The average Bonchev–Trinajstić information content (AvgIpc) is 3.25. The summed E-state index contributed by atoms with van der Waals surface area (Å²) in [7, 11) is 2.14. The number of benzene rings is 1. The minimum Gasteiger partial charge on any atom is -0.379 e. The lowest BCUT2D eigenvalue weighted by molar-refractivity contribution is 0.131. The van der Waals surface area contributed by atoms with Gasteiger partial charge in [0.15, 0.2) is 0 Å². The quantitative estimate of drug-likeness (QED) is 0.697. The van der Waals surface area contributed by atoms with Crippen molar-refractivity contribution in [2.24, 2.45) is 5.92 Å². The van der Waals surface area contributed by atoms with Gasteiger partial charge in [-0.2, -0.15) is 0 Å². The van der Waals surface area contributed by atoms with Crippen molar-refractivity contribution in [1.82, 2.24) is 5.32 Å². The Morgan fingerprint density at radius 2 is 2.20 bits per heavy atom. The minimum absolute atomic E-state index is 0.809. The molecule has 1 N–H and O–H groups in total. The molecule has 0 spiro atoms. The molecule has 0 amide bonds. The third-order valence-corrected chi connectivity index (χ3v) is 4.13. The number of rotatable bonds is 9. The number of likely N-dealkylation sites (N-methyl/N-ethyl adjacent to an activating group) is 1. The summed E-state index contributed by atoms with van der Waals surface area (Å²) in [6.45, 7) is 6.71. The third-order valence-electron chi connectivity index (χ3n) is 3.64. The van der Waals surface area contributed by atoms with Crippen LogP contribution in [-0.4, -0.2) is 33.4 Å². The number of hydrogen-bond acceptors (Lipinski definition) is 3. The first-order valence-corrected chi connectivity index (χ1v) is 8.28. The second-order valence-electron chi connectivity index (χ2n) is 5.49. The van der Waals surface area contributed by atoms with Crippen molar-refractivity contribution in [3.05, 3.63) is 28.2 Å². The normalized spacial score (nSPS) is 14.6. The molecule has 0 bridgehead atoms. The highest BCUT2D eigenvalue weighted by atomic mass is 79.9. The molecule has 0 unspecified atom stereocenters. The fraction of sp³-hybridized carbons (Fsp3) is 0.625. The Bertz CT molecular complexity index is 421. The van der Waals surface area contributed by atoms with Crippen LogP contribution in [0.1, 0.15) is 25.3 Å². The Morgan fingerprint density at radius 3 is 2.90 bits per heavy atom. The van der Waals surface area contributed by atoms with Gasteiger partial charge in [0.05, 0.1) is 6.61 Å². The monoisotopic (exact) mass is 340 g/mol. The number of halogens is 1. The van der Waals surface area contributed by atoms with Crippen molar-refractivity contribution in [2.45, 2.75) is 26.3 Å². The smallest absolute Gasteiger partial charge is 0.0641 e. The molecule has 0 aromatic heterocycles. The average molecular weight is 341 g/mol. The van der Waals surface area contributed by atoms with Crippen molar-refractivity contribution in [3.63, 3.8) is 0 Å². The van der Waals surface area contributed by atoms with E-state index < -0.39 is 0 Å². The standard InChI is InChI=1S/C16H25BrN2O/c1-3-18-11-14-10-15(17)6-7-16(14)19(2)8-9-20-12-13-4-5-13/h6-7,10,13,18H,3-5,8-9,11-12H2,1-2H3. The van der Waals surface area contributed by atoms with Crippen molar-refractivity contribution >= 4 is 21.6 Å². The van der Waals surface area contributed by atoms with Gasteiger partial charge in [0.1, 0.15) is 0 Å². The molecule has 0 radical (unpaired) electrons. The number of nitrogens with one attached hydrogen (secondary N) is 1. The first-order chi connectivity index (χ1) is 9.70. The topological polar surface area (TPSA) is 24.5 Å². The fourth-order valence-corrected chi connectivity index (χ4v) is 2.59. The number of hydrogen-bond donors (Lipinski definition) is 1. The van der Waals surface area contributed by atoms with Gasteiger partial charge in [0.25, 0.3) is 0 Å². The van der Waals surface area contributed by atoms with Crippen molar-refractivity contribution < 1.29 is 4.74 Å². The SMILES string of the molecule is CCNCc1cc(Br)ccc1N(C)CCOCC1CC1. The zero-order valence-corrected chi connectivity index (χ0v) is 14.1. The molecule has 1 saturated carbocycles. The van der Waals surface area contributed by atoms with E-state index in [4.69, 9.17) is 4.74 Å². The van der Waals surface area contributed by atoms with Gasteiger partial charge in [-0.1, -0.05) is 22.9 Å². The largest absolute Gasteiger partial charge is 0.379 e. The summed E-state index contributed by atoms with van der Waals surface area (Å²) in [5.74, 6) is 0.845. The molecular weight excluding hydrogens is 316 g/mol. The van der Waals surface area contributed by atoms with Crippen LogP contribution in [0.5, 0.6) is 0 Å². The zero-order chi connectivity index (χ0) is 14.4. The van der Waals surface area contributed by atoms with E-state index in [0.29, 0.717) is 0 Å². The number of anilines is 1. The van der Waals surface area contributed by atoms with E-state index in [-0.39, 0.29) is 0 Å². The molecule has 1 fully saturated rings. The van der Waals surface area contributed by atoms with Crippen molar-refractivity contribution in [2.75, 3.05) is 38.3 Å². The van der Waals surface area contributed by atoms with Crippen molar-refractivity contribution in [1.29, 1.82) is 0 Å². The van der Waals surface area contributed by atoms with Crippen LogP contribution >= 0.6 is 15.9 Å². The Hall–Kier alpha value is -0.580. The Morgan fingerprint density at radius 1 is 1.40 bits per heavy atom.